The molecular weight excluding hydrogens is 473 g/mol. The maximum absolute atomic E-state index is 13.4. The molecule has 0 saturated heterocycles. The van der Waals surface area contributed by atoms with Gasteiger partial charge in [-0.15, -0.1) is 0 Å². The SMILES string of the molecule is CN(C)C1=C2NC=CC(c3cc(Cl)cc(Cl)c3)=C2C=NN1C(=O)N[C@H]1CCOc2ccccc21. The van der Waals surface area contributed by atoms with Crippen LogP contribution in [0.25, 0.3) is 5.57 Å². The minimum Gasteiger partial charge on any atom is -0.493 e. The number of hydrogen-bond donors (Lipinski definition) is 2. The van der Waals surface area contributed by atoms with Gasteiger partial charge in [0.15, 0.2) is 5.82 Å². The average Bonchev–Trinajstić information content (AvgIpc) is 2.82. The van der Waals surface area contributed by atoms with Gasteiger partial charge in [0.1, 0.15) is 5.75 Å². The van der Waals surface area contributed by atoms with E-state index in [-0.39, 0.29) is 12.1 Å². The number of nitrogens with zero attached hydrogens (tertiary/aromatic N) is 3. The van der Waals surface area contributed by atoms with E-state index in [0.29, 0.717) is 28.9 Å². The van der Waals surface area contributed by atoms with Gasteiger partial charge in [0.05, 0.1) is 24.6 Å². The van der Waals surface area contributed by atoms with E-state index in [0.717, 1.165) is 33.7 Å². The normalized spacial score (nSPS) is 18.7. The number of allylic oxidation sites excluding steroid dienone is 3. The Morgan fingerprint density at radius 3 is 2.71 bits per heavy atom. The molecule has 9 heteroatoms. The summed E-state index contributed by atoms with van der Waals surface area (Å²) in [5.74, 6) is 1.41. The fraction of sp³-hybridized carbons (Fsp3) is 0.200. The zero-order valence-electron chi connectivity index (χ0n) is 18.7. The number of hydrogen-bond acceptors (Lipinski definition) is 5. The van der Waals surface area contributed by atoms with E-state index in [4.69, 9.17) is 27.9 Å². The van der Waals surface area contributed by atoms with E-state index in [1.807, 2.05) is 67.7 Å². The summed E-state index contributed by atoms with van der Waals surface area (Å²) in [7, 11) is 3.75. The van der Waals surface area contributed by atoms with E-state index < -0.39 is 0 Å². The van der Waals surface area contributed by atoms with Crippen LogP contribution in [0.4, 0.5) is 4.79 Å². The first-order valence-electron chi connectivity index (χ1n) is 10.8. The molecule has 7 nitrogen and oxygen atoms in total. The van der Waals surface area contributed by atoms with E-state index >= 15 is 0 Å². The Hall–Kier alpha value is -3.42. The van der Waals surface area contributed by atoms with E-state index in [9.17, 15) is 4.79 Å². The van der Waals surface area contributed by atoms with Crippen molar-refractivity contribution in [3.63, 3.8) is 0 Å². The summed E-state index contributed by atoms with van der Waals surface area (Å²) in [6.07, 6.45) is 6.13. The van der Waals surface area contributed by atoms with Gasteiger partial charge in [0, 0.05) is 47.9 Å². The first-order chi connectivity index (χ1) is 16.4. The number of rotatable bonds is 3. The third-order valence-electron chi connectivity index (χ3n) is 5.81. The highest BCUT2D eigenvalue weighted by Crippen LogP contribution is 2.35. The van der Waals surface area contributed by atoms with E-state index in [1.165, 1.54) is 5.01 Å². The lowest BCUT2D eigenvalue weighted by molar-refractivity contribution is 0.186. The van der Waals surface area contributed by atoms with Crippen LogP contribution in [0.5, 0.6) is 5.75 Å². The molecule has 0 fully saturated rings. The maximum Gasteiger partial charge on any atom is 0.344 e. The number of hydrazone groups is 1. The number of benzene rings is 2. The largest absolute Gasteiger partial charge is 0.493 e. The Bertz CT molecular complexity index is 1260. The van der Waals surface area contributed by atoms with Gasteiger partial charge in [0.2, 0.25) is 0 Å². The molecule has 0 saturated carbocycles. The molecule has 3 aliphatic rings. The second-order valence-corrected chi connectivity index (χ2v) is 9.16. The van der Waals surface area contributed by atoms with Crippen molar-refractivity contribution in [2.24, 2.45) is 5.10 Å². The summed E-state index contributed by atoms with van der Waals surface area (Å²) < 4.78 is 5.73. The Labute approximate surface area is 208 Å². The Morgan fingerprint density at radius 1 is 1.18 bits per heavy atom. The number of dihydropyridines is 1. The van der Waals surface area contributed by atoms with E-state index in [2.05, 4.69) is 15.7 Å². The summed E-state index contributed by atoms with van der Waals surface area (Å²) in [6.45, 7) is 0.539. The molecule has 2 N–H and O–H groups in total. The van der Waals surface area contributed by atoms with Gasteiger partial charge >= 0.3 is 6.03 Å². The Kier molecular flexibility index (Phi) is 5.98. The van der Waals surface area contributed by atoms with Crippen LogP contribution in [0.2, 0.25) is 10.0 Å². The first-order valence-corrected chi connectivity index (χ1v) is 11.6. The topological polar surface area (TPSA) is 69.2 Å². The Balaban J connectivity index is 1.50. The first kappa shape index (κ1) is 22.4. The molecule has 0 spiro atoms. The van der Waals surface area contributed by atoms with Gasteiger partial charge < -0.3 is 20.3 Å². The van der Waals surface area contributed by atoms with Crippen molar-refractivity contribution >= 4 is 41.0 Å². The number of fused-ring (bicyclic) bond motifs is 2. The van der Waals surface area contributed by atoms with Crippen LogP contribution >= 0.6 is 23.2 Å². The van der Waals surface area contributed by atoms with Crippen molar-refractivity contribution in [2.75, 3.05) is 20.7 Å². The number of carbonyl (C=O) groups is 1. The second-order valence-electron chi connectivity index (χ2n) is 8.29. The molecule has 0 unspecified atom stereocenters. The summed E-state index contributed by atoms with van der Waals surface area (Å²) in [6, 6.07) is 12.7. The van der Waals surface area contributed by atoms with Crippen LogP contribution in [0, 0.1) is 0 Å². The highest BCUT2D eigenvalue weighted by Gasteiger charge is 2.32. The van der Waals surface area contributed by atoms with E-state index in [1.54, 1.807) is 12.3 Å². The van der Waals surface area contributed by atoms with Crippen LogP contribution in [0.3, 0.4) is 0 Å². The van der Waals surface area contributed by atoms with Crippen LogP contribution < -0.4 is 15.4 Å². The van der Waals surface area contributed by atoms with Crippen LogP contribution in [0.1, 0.15) is 23.6 Å². The maximum atomic E-state index is 13.4. The summed E-state index contributed by atoms with van der Waals surface area (Å²) in [4.78, 5) is 15.3. The van der Waals surface area contributed by atoms with Crippen molar-refractivity contribution in [1.82, 2.24) is 20.5 Å². The number of amides is 2. The van der Waals surface area contributed by atoms with Gasteiger partial charge in [-0.25, -0.2) is 4.79 Å². The van der Waals surface area contributed by atoms with Gasteiger partial charge in [-0.1, -0.05) is 41.4 Å². The second kappa shape index (κ2) is 9.08. The monoisotopic (exact) mass is 495 g/mol. The molecule has 3 heterocycles. The molecule has 0 aromatic heterocycles. The molecule has 5 rings (SSSR count). The van der Waals surface area contributed by atoms with Gasteiger partial charge in [-0.2, -0.15) is 10.1 Å². The van der Waals surface area contributed by atoms with Crippen molar-refractivity contribution in [3.05, 3.63) is 93.0 Å². The summed E-state index contributed by atoms with van der Waals surface area (Å²) in [5, 5.41) is 13.4. The lowest BCUT2D eigenvalue weighted by Gasteiger charge is -2.35. The van der Waals surface area contributed by atoms with Gasteiger partial charge in [-0.05, 0) is 41.5 Å². The number of nitrogens with one attached hydrogen (secondary N) is 2. The molecule has 2 aromatic rings. The number of ether oxygens (including phenoxy) is 1. The predicted octanol–water partition coefficient (Wildman–Crippen LogP) is 5.13. The minimum atomic E-state index is -0.322. The molecule has 0 bridgehead atoms. The quantitative estimate of drug-likeness (QED) is 0.619. The number of carbonyl (C=O) groups excluding carboxylic acids is 1. The van der Waals surface area contributed by atoms with Crippen LogP contribution in [-0.4, -0.2) is 42.9 Å². The molecule has 2 amide bonds. The Morgan fingerprint density at radius 2 is 1.94 bits per heavy atom. The zero-order chi connectivity index (χ0) is 23.8. The number of halogens is 2. The fourth-order valence-corrected chi connectivity index (χ4v) is 4.86. The molecule has 0 aliphatic carbocycles. The molecule has 174 valence electrons. The van der Waals surface area contributed by atoms with Crippen molar-refractivity contribution in [2.45, 2.75) is 12.5 Å². The van der Waals surface area contributed by atoms with Crippen LogP contribution in [-0.2, 0) is 0 Å². The molecule has 3 aliphatic heterocycles. The standard InChI is InChI=1S/C25H23Cl2N5O2/c1-31(2)24-23-20(18(7-9-28-23)15-11-16(26)13-17(27)12-15)14-29-32(24)25(33)30-21-8-10-34-22-6-4-3-5-19(21)22/h3-7,9,11-14,21,28H,8,10H2,1-2H3,(H,30,33)/t21-/m0/s1. The lowest BCUT2D eigenvalue weighted by atomic mass is 9.95. The summed E-state index contributed by atoms with van der Waals surface area (Å²) >= 11 is 12.5. The zero-order valence-corrected chi connectivity index (χ0v) is 20.2. The minimum absolute atomic E-state index is 0.165. The summed E-state index contributed by atoms with van der Waals surface area (Å²) in [5.41, 5.74) is 4.33. The third kappa shape index (κ3) is 4.13. The lowest BCUT2D eigenvalue weighted by Crippen LogP contribution is -2.45. The average molecular weight is 496 g/mol. The van der Waals surface area contributed by atoms with Gasteiger partial charge in [0.25, 0.3) is 0 Å². The van der Waals surface area contributed by atoms with Crippen molar-refractivity contribution in [1.29, 1.82) is 0 Å². The number of urea groups is 1. The fourth-order valence-electron chi connectivity index (χ4n) is 4.33. The van der Waals surface area contributed by atoms with Crippen molar-refractivity contribution < 1.29 is 9.53 Å². The smallest absolute Gasteiger partial charge is 0.344 e. The highest BCUT2D eigenvalue weighted by molar-refractivity contribution is 6.35. The number of para-hydroxylation sites is 1. The highest BCUT2D eigenvalue weighted by atomic mass is 35.5. The third-order valence-corrected chi connectivity index (χ3v) is 6.25. The van der Waals surface area contributed by atoms with Gasteiger partial charge in [-0.3, -0.25) is 0 Å². The molecule has 1 atom stereocenters. The van der Waals surface area contributed by atoms with Crippen molar-refractivity contribution in [3.8, 4) is 5.75 Å². The molecule has 2 aromatic carbocycles. The molecule has 34 heavy (non-hydrogen) atoms. The predicted molar refractivity (Wildman–Crippen MR) is 135 cm³/mol. The molecule has 0 radical (unpaired) electrons. The molecular formula is C25H23Cl2N5O2. The van der Waals surface area contributed by atoms with Crippen LogP contribution in [0.15, 0.2) is 76.9 Å².